The van der Waals surface area contributed by atoms with Gasteiger partial charge in [0.05, 0.1) is 11.2 Å². The van der Waals surface area contributed by atoms with Crippen LogP contribution in [0.3, 0.4) is 0 Å². The second-order valence-electron chi connectivity index (χ2n) is 4.38. The summed E-state index contributed by atoms with van der Waals surface area (Å²) >= 11 is 5.84. The molecule has 0 saturated carbocycles. The fourth-order valence-corrected chi connectivity index (χ4v) is 2.18. The number of hydrogen-bond donors (Lipinski definition) is 1. The Morgan fingerprint density at radius 3 is 2.42 bits per heavy atom. The maximum Gasteiger partial charge on any atom is 0.121 e. The van der Waals surface area contributed by atoms with Crippen molar-refractivity contribution in [1.29, 1.82) is 0 Å². The van der Waals surface area contributed by atoms with Crippen LogP contribution in [-0.2, 0) is 0 Å². The fraction of sp³-hybridized carbons (Fsp3) is 0.0625. The van der Waals surface area contributed by atoms with Crippen LogP contribution < -0.4 is 0 Å². The van der Waals surface area contributed by atoms with Gasteiger partial charge in [-0.25, -0.2) is 4.98 Å². The Morgan fingerprint density at radius 1 is 0.895 bits per heavy atom. The highest BCUT2D eigenvalue weighted by atomic mass is 35.5. The summed E-state index contributed by atoms with van der Waals surface area (Å²) < 4.78 is 0. The van der Waals surface area contributed by atoms with Crippen LogP contribution in [0.5, 0.6) is 0 Å². The lowest BCUT2D eigenvalue weighted by atomic mass is 10.1. The topological polar surface area (TPSA) is 33.1 Å². The van der Waals surface area contributed by atoms with Gasteiger partial charge in [0.15, 0.2) is 0 Å². The zero-order valence-corrected chi connectivity index (χ0v) is 10.9. The standard InChI is InChI=1S/C16H12ClNO/c17-13-8-5-12(6-9-13)16(19)15-10-7-11-3-1-2-4-14(11)18-15/h1-10,16,19H. The molecule has 0 fully saturated rings. The predicted octanol–water partition coefficient (Wildman–Crippen LogP) is 3.97. The van der Waals surface area contributed by atoms with Crippen LogP contribution in [0.25, 0.3) is 10.9 Å². The maximum absolute atomic E-state index is 10.3. The van der Waals surface area contributed by atoms with Gasteiger partial charge >= 0.3 is 0 Å². The van der Waals surface area contributed by atoms with Gasteiger partial charge in [0, 0.05) is 10.4 Å². The summed E-state index contributed by atoms with van der Waals surface area (Å²) in [6.07, 6.45) is -0.734. The molecule has 0 aliphatic heterocycles. The number of halogens is 1. The third kappa shape index (κ3) is 2.46. The summed E-state index contributed by atoms with van der Waals surface area (Å²) in [6.45, 7) is 0. The summed E-state index contributed by atoms with van der Waals surface area (Å²) in [5.74, 6) is 0. The number of para-hydroxylation sites is 1. The smallest absolute Gasteiger partial charge is 0.121 e. The Bertz CT molecular complexity index is 709. The first-order valence-corrected chi connectivity index (χ1v) is 6.41. The minimum atomic E-state index is -0.734. The molecule has 19 heavy (non-hydrogen) atoms. The molecule has 3 rings (SSSR count). The van der Waals surface area contributed by atoms with Gasteiger partial charge < -0.3 is 5.11 Å². The number of fused-ring (bicyclic) bond motifs is 1. The number of rotatable bonds is 2. The molecule has 1 heterocycles. The Morgan fingerprint density at radius 2 is 1.63 bits per heavy atom. The van der Waals surface area contributed by atoms with E-state index in [1.165, 1.54) is 0 Å². The molecule has 1 aromatic heterocycles. The fourth-order valence-electron chi connectivity index (χ4n) is 2.05. The third-order valence-electron chi connectivity index (χ3n) is 3.09. The highest BCUT2D eigenvalue weighted by Crippen LogP contribution is 2.23. The highest BCUT2D eigenvalue weighted by molar-refractivity contribution is 6.30. The second kappa shape index (κ2) is 5.00. The van der Waals surface area contributed by atoms with E-state index in [-0.39, 0.29) is 0 Å². The van der Waals surface area contributed by atoms with Gasteiger partial charge in [-0.15, -0.1) is 0 Å². The Kier molecular flexibility index (Phi) is 3.20. The summed E-state index contributed by atoms with van der Waals surface area (Å²) in [5.41, 5.74) is 2.31. The molecule has 94 valence electrons. The van der Waals surface area contributed by atoms with Gasteiger partial charge in [-0.2, -0.15) is 0 Å². The van der Waals surface area contributed by atoms with E-state index in [1.807, 2.05) is 48.5 Å². The largest absolute Gasteiger partial charge is 0.382 e. The zero-order valence-electron chi connectivity index (χ0n) is 10.1. The molecule has 1 N–H and O–H groups in total. The maximum atomic E-state index is 10.3. The number of aliphatic hydroxyl groups excluding tert-OH is 1. The van der Waals surface area contributed by atoms with E-state index in [9.17, 15) is 5.11 Å². The van der Waals surface area contributed by atoms with Gasteiger partial charge in [0.25, 0.3) is 0 Å². The molecule has 0 radical (unpaired) electrons. The van der Waals surface area contributed by atoms with Crippen LogP contribution in [0.2, 0.25) is 5.02 Å². The molecule has 0 spiro atoms. The predicted molar refractivity (Wildman–Crippen MR) is 77.3 cm³/mol. The molecular formula is C16H12ClNO. The second-order valence-corrected chi connectivity index (χ2v) is 4.82. The lowest BCUT2D eigenvalue weighted by Gasteiger charge is -2.11. The molecule has 0 bridgehead atoms. The van der Waals surface area contributed by atoms with E-state index in [0.29, 0.717) is 10.7 Å². The number of benzene rings is 2. The van der Waals surface area contributed by atoms with Crippen molar-refractivity contribution in [2.45, 2.75) is 6.10 Å². The summed E-state index contributed by atoms with van der Waals surface area (Å²) in [7, 11) is 0. The van der Waals surface area contributed by atoms with Crippen molar-refractivity contribution in [3.8, 4) is 0 Å². The highest BCUT2D eigenvalue weighted by Gasteiger charge is 2.12. The Hall–Kier alpha value is -1.90. The molecule has 3 heteroatoms. The monoisotopic (exact) mass is 269 g/mol. The van der Waals surface area contributed by atoms with Gasteiger partial charge in [-0.05, 0) is 29.8 Å². The molecule has 1 unspecified atom stereocenters. The van der Waals surface area contributed by atoms with Crippen molar-refractivity contribution in [2.24, 2.45) is 0 Å². The van der Waals surface area contributed by atoms with Crippen LogP contribution in [-0.4, -0.2) is 10.1 Å². The lowest BCUT2D eigenvalue weighted by Crippen LogP contribution is -2.02. The number of aromatic nitrogens is 1. The van der Waals surface area contributed by atoms with Crippen LogP contribution in [0, 0.1) is 0 Å². The summed E-state index contributed by atoms with van der Waals surface area (Å²) in [5, 5.41) is 12.1. The molecule has 0 saturated heterocycles. The van der Waals surface area contributed by atoms with E-state index >= 15 is 0 Å². The molecule has 0 amide bonds. The molecule has 1 atom stereocenters. The van der Waals surface area contributed by atoms with E-state index in [4.69, 9.17) is 11.6 Å². The summed E-state index contributed by atoms with van der Waals surface area (Å²) in [4.78, 5) is 4.49. The molecule has 0 aliphatic carbocycles. The van der Waals surface area contributed by atoms with Crippen molar-refractivity contribution >= 4 is 22.5 Å². The lowest BCUT2D eigenvalue weighted by molar-refractivity contribution is 0.216. The number of nitrogens with zero attached hydrogens (tertiary/aromatic N) is 1. The number of hydrogen-bond acceptors (Lipinski definition) is 2. The normalized spacial score (nSPS) is 12.5. The van der Waals surface area contributed by atoms with Crippen LogP contribution >= 0.6 is 11.6 Å². The van der Waals surface area contributed by atoms with Crippen LogP contribution in [0.15, 0.2) is 60.7 Å². The molecule has 3 aromatic rings. The number of aliphatic hydroxyl groups is 1. The van der Waals surface area contributed by atoms with Crippen LogP contribution in [0.4, 0.5) is 0 Å². The van der Waals surface area contributed by atoms with Gasteiger partial charge in [0.1, 0.15) is 6.10 Å². The molecular weight excluding hydrogens is 258 g/mol. The zero-order chi connectivity index (χ0) is 13.2. The van der Waals surface area contributed by atoms with Gasteiger partial charge in [-0.3, -0.25) is 0 Å². The van der Waals surface area contributed by atoms with Crippen molar-refractivity contribution in [1.82, 2.24) is 4.98 Å². The minimum absolute atomic E-state index is 0.640. The Labute approximate surface area is 116 Å². The van der Waals surface area contributed by atoms with Crippen molar-refractivity contribution in [3.63, 3.8) is 0 Å². The van der Waals surface area contributed by atoms with E-state index in [1.54, 1.807) is 12.1 Å². The van der Waals surface area contributed by atoms with Gasteiger partial charge in [0.2, 0.25) is 0 Å². The first-order chi connectivity index (χ1) is 9.24. The molecule has 2 nitrogen and oxygen atoms in total. The number of pyridine rings is 1. The van der Waals surface area contributed by atoms with E-state index in [0.717, 1.165) is 16.5 Å². The molecule has 2 aromatic carbocycles. The van der Waals surface area contributed by atoms with Crippen molar-refractivity contribution in [3.05, 3.63) is 76.9 Å². The van der Waals surface area contributed by atoms with Gasteiger partial charge in [-0.1, -0.05) is 48.0 Å². The van der Waals surface area contributed by atoms with E-state index < -0.39 is 6.10 Å². The Balaban J connectivity index is 2.01. The van der Waals surface area contributed by atoms with Crippen molar-refractivity contribution < 1.29 is 5.11 Å². The van der Waals surface area contributed by atoms with Crippen LogP contribution in [0.1, 0.15) is 17.4 Å². The quantitative estimate of drug-likeness (QED) is 0.764. The minimum Gasteiger partial charge on any atom is -0.382 e. The van der Waals surface area contributed by atoms with Crippen molar-refractivity contribution in [2.75, 3.05) is 0 Å². The average molecular weight is 270 g/mol. The first kappa shape index (κ1) is 12.2. The molecule has 0 aliphatic rings. The van der Waals surface area contributed by atoms with E-state index in [2.05, 4.69) is 4.98 Å². The average Bonchev–Trinajstić information content (AvgIpc) is 2.47. The third-order valence-corrected chi connectivity index (χ3v) is 3.34. The first-order valence-electron chi connectivity index (χ1n) is 6.03. The SMILES string of the molecule is OC(c1ccc(Cl)cc1)c1ccc2ccccc2n1. The summed E-state index contributed by atoms with van der Waals surface area (Å²) in [6, 6.07) is 18.8.